The van der Waals surface area contributed by atoms with E-state index in [0.29, 0.717) is 12.1 Å². The lowest BCUT2D eigenvalue weighted by molar-refractivity contribution is -0.136. The summed E-state index contributed by atoms with van der Waals surface area (Å²) in [6.07, 6.45) is 0.438. The molecule has 0 fully saturated rings. The predicted molar refractivity (Wildman–Crippen MR) is 64.4 cm³/mol. The molecule has 0 atom stereocenters. The summed E-state index contributed by atoms with van der Waals surface area (Å²) in [5.41, 5.74) is 1.48. The Hall–Kier alpha value is -1.36. The average molecular weight is 286 g/mol. The molecular weight excluding hydrogens is 274 g/mol. The second-order valence-electron chi connectivity index (χ2n) is 3.38. The van der Waals surface area contributed by atoms with E-state index in [4.69, 9.17) is 5.11 Å². The molecule has 16 heavy (non-hydrogen) atoms. The minimum Gasteiger partial charge on any atom is -0.481 e. The van der Waals surface area contributed by atoms with Crippen LogP contribution in [0.1, 0.15) is 18.9 Å². The van der Waals surface area contributed by atoms with Gasteiger partial charge in [0.15, 0.2) is 0 Å². The standard InChI is InChI=1S/C11H12BrNO3/c1-7(14)13-10-4-3-9(12)6-8(10)2-5-11(15)16/h3-4,6H,2,5H2,1H3,(H,13,14)(H,15,16). The van der Waals surface area contributed by atoms with Crippen LogP contribution in [0.5, 0.6) is 0 Å². The van der Waals surface area contributed by atoms with E-state index in [1.165, 1.54) is 6.92 Å². The Bertz CT molecular complexity index is 418. The summed E-state index contributed by atoms with van der Waals surface area (Å²) in [4.78, 5) is 21.4. The maximum Gasteiger partial charge on any atom is 0.303 e. The van der Waals surface area contributed by atoms with Gasteiger partial charge in [0.1, 0.15) is 0 Å². The third-order valence-electron chi connectivity index (χ3n) is 1.99. The van der Waals surface area contributed by atoms with Crippen LogP contribution in [0.3, 0.4) is 0 Å². The molecule has 0 saturated heterocycles. The van der Waals surface area contributed by atoms with E-state index >= 15 is 0 Å². The number of aliphatic carboxylic acids is 1. The van der Waals surface area contributed by atoms with Crippen molar-refractivity contribution in [2.75, 3.05) is 5.32 Å². The van der Waals surface area contributed by atoms with Crippen molar-refractivity contribution in [1.29, 1.82) is 0 Å². The first-order chi connectivity index (χ1) is 7.49. The van der Waals surface area contributed by atoms with Gasteiger partial charge in [-0.25, -0.2) is 0 Å². The lowest BCUT2D eigenvalue weighted by Crippen LogP contribution is -2.09. The predicted octanol–water partition coefficient (Wildman–Crippen LogP) is 2.42. The summed E-state index contributed by atoms with van der Waals surface area (Å²) in [5, 5.41) is 11.3. The summed E-state index contributed by atoms with van der Waals surface area (Å²) in [6, 6.07) is 5.37. The van der Waals surface area contributed by atoms with Crippen molar-refractivity contribution >= 4 is 33.5 Å². The topological polar surface area (TPSA) is 66.4 Å². The SMILES string of the molecule is CC(=O)Nc1ccc(Br)cc1CCC(=O)O. The number of aryl methyl sites for hydroxylation is 1. The van der Waals surface area contributed by atoms with Crippen LogP contribution in [0.2, 0.25) is 0 Å². The summed E-state index contributed by atoms with van der Waals surface area (Å²) in [5.74, 6) is -1.02. The molecule has 0 unspecified atom stereocenters. The van der Waals surface area contributed by atoms with Crippen molar-refractivity contribution in [1.82, 2.24) is 0 Å². The molecule has 0 aliphatic carbocycles. The fraction of sp³-hybridized carbons (Fsp3) is 0.273. The number of carbonyl (C=O) groups excluding carboxylic acids is 1. The molecule has 5 heteroatoms. The second-order valence-corrected chi connectivity index (χ2v) is 4.29. The molecule has 4 nitrogen and oxygen atoms in total. The maximum absolute atomic E-state index is 10.9. The van der Waals surface area contributed by atoms with Gasteiger partial charge >= 0.3 is 5.97 Å². The second kappa shape index (κ2) is 5.65. The zero-order chi connectivity index (χ0) is 12.1. The van der Waals surface area contributed by atoms with Gasteiger partial charge in [-0.3, -0.25) is 9.59 Å². The molecule has 0 radical (unpaired) electrons. The molecule has 0 bridgehead atoms. The number of halogens is 1. The Morgan fingerprint density at radius 1 is 1.44 bits per heavy atom. The highest BCUT2D eigenvalue weighted by Crippen LogP contribution is 2.22. The van der Waals surface area contributed by atoms with Crippen molar-refractivity contribution in [3.05, 3.63) is 28.2 Å². The minimum atomic E-state index is -0.853. The average Bonchev–Trinajstić information content (AvgIpc) is 2.17. The molecule has 86 valence electrons. The lowest BCUT2D eigenvalue weighted by Gasteiger charge is -2.09. The van der Waals surface area contributed by atoms with E-state index in [2.05, 4.69) is 21.2 Å². The zero-order valence-electron chi connectivity index (χ0n) is 8.79. The van der Waals surface area contributed by atoms with Crippen LogP contribution in [0.15, 0.2) is 22.7 Å². The Balaban J connectivity index is 2.89. The van der Waals surface area contributed by atoms with Crippen LogP contribution in [0.25, 0.3) is 0 Å². The van der Waals surface area contributed by atoms with E-state index in [1.54, 1.807) is 12.1 Å². The van der Waals surface area contributed by atoms with Crippen LogP contribution in [0, 0.1) is 0 Å². The molecule has 0 spiro atoms. The third-order valence-corrected chi connectivity index (χ3v) is 2.48. The number of anilines is 1. The summed E-state index contributed by atoms with van der Waals surface area (Å²) in [6.45, 7) is 1.42. The van der Waals surface area contributed by atoms with Crippen LogP contribution in [0.4, 0.5) is 5.69 Å². The number of amides is 1. The van der Waals surface area contributed by atoms with E-state index in [-0.39, 0.29) is 12.3 Å². The maximum atomic E-state index is 10.9. The van der Waals surface area contributed by atoms with Gasteiger partial charge in [-0.2, -0.15) is 0 Å². The summed E-state index contributed by atoms with van der Waals surface area (Å²) >= 11 is 3.31. The molecule has 2 N–H and O–H groups in total. The molecule has 0 aromatic heterocycles. The first-order valence-corrected chi connectivity index (χ1v) is 5.56. The van der Waals surface area contributed by atoms with E-state index in [9.17, 15) is 9.59 Å². The number of carbonyl (C=O) groups is 2. The highest BCUT2D eigenvalue weighted by Gasteiger charge is 2.07. The van der Waals surface area contributed by atoms with E-state index in [0.717, 1.165) is 10.0 Å². The Morgan fingerprint density at radius 3 is 2.69 bits per heavy atom. The Kier molecular flexibility index (Phi) is 4.49. The summed E-state index contributed by atoms with van der Waals surface area (Å²) in [7, 11) is 0. The van der Waals surface area contributed by atoms with Crippen LogP contribution in [-0.2, 0) is 16.0 Å². The number of carboxylic acid groups (broad SMARTS) is 1. The van der Waals surface area contributed by atoms with Gasteiger partial charge in [0.05, 0.1) is 0 Å². The van der Waals surface area contributed by atoms with Gasteiger partial charge in [0.25, 0.3) is 0 Å². The zero-order valence-corrected chi connectivity index (χ0v) is 10.4. The Labute approximate surface area is 102 Å². The first kappa shape index (κ1) is 12.7. The summed E-state index contributed by atoms with van der Waals surface area (Å²) < 4.78 is 0.863. The van der Waals surface area contributed by atoms with Crippen molar-refractivity contribution in [2.24, 2.45) is 0 Å². The fourth-order valence-electron chi connectivity index (χ4n) is 1.32. The Morgan fingerprint density at radius 2 is 2.12 bits per heavy atom. The first-order valence-electron chi connectivity index (χ1n) is 4.77. The van der Waals surface area contributed by atoms with Crippen LogP contribution in [-0.4, -0.2) is 17.0 Å². The number of carboxylic acids is 1. The number of benzene rings is 1. The van der Waals surface area contributed by atoms with Gasteiger partial charge in [0, 0.05) is 23.5 Å². The number of rotatable bonds is 4. The van der Waals surface area contributed by atoms with Gasteiger partial charge in [-0.1, -0.05) is 15.9 Å². The molecular formula is C11H12BrNO3. The molecule has 0 aliphatic heterocycles. The molecule has 1 amide bonds. The minimum absolute atomic E-state index is 0.0447. The molecule has 1 rings (SSSR count). The highest BCUT2D eigenvalue weighted by molar-refractivity contribution is 9.10. The normalized spacial score (nSPS) is 9.88. The molecule has 1 aromatic rings. The van der Waals surface area contributed by atoms with Crippen LogP contribution >= 0.6 is 15.9 Å². The molecule has 0 aliphatic rings. The quantitative estimate of drug-likeness (QED) is 0.893. The fourth-order valence-corrected chi connectivity index (χ4v) is 1.73. The monoisotopic (exact) mass is 285 g/mol. The largest absolute Gasteiger partial charge is 0.481 e. The van der Waals surface area contributed by atoms with Crippen molar-refractivity contribution in [2.45, 2.75) is 19.8 Å². The van der Waals surface area contributed by atoms with Gasteiger partial charge in [-0.15, -0.1) is 0 Å². The van der Waals surface area contributed by atoms with Crippen molar-refractivity contribution in [3.63, 3.8) is 0 Å². The van der Waals surface area contributed by atoms with Crippen molar-refractivity contribution < 1.29 is 14.7 Å². The van der Waals surface area contributed by atoms with E-state index < -0.39 is 5.97 Å². The third kappa shape index (κ3) is 4.02. The highest BCUT2D eigenvalue weighted by atomic mass is 79.9. The number of nitrogens with one attached hydrogen (secondary N) is 1. The number of hydrogen-bond donors (Lipinski definition) is 2. The van der Waals surface area contributed by atoms with Crippen molar-refractivity contribution in [3.8, 4) is 0 Å². The van der Waals surface area contributed by atoms with Gasteiger partial charge in [0.2, 0.25) is 5.91 Å². The number of hydrogen-bond acceptors (Lipinski definition) is 2. The van der Waals surface area contributed by atoms with Crippen LogP contribution < -0.4 is 5.32 Å². The lowest BCUT2D eigenvalue weighted by atomic mass is 10.1. The molecule has 0 saturated carbocycles. The molecule has 0 heterocycles. The molecule has 1 aromatic carbocycles. The van der Waals surface area contributed by atoms with Gasteiger partial charge in [-0.05, 0) is 30.2 Å². The van der Waals surface area contributed by atoms with E-state index in [1.807, 2.05) is 6.07 Å². The van der Waals surface area contributed by atoms with Gasteiger partial charge < -0.3 is 10.4 Å². The smallest absolute Gasteiger partial charge is 0.303 e.